The molecule has 0 aliphatic carbocycles. The molecule has 0 fully saturated rings. The Kier molecular flexibility index (Phi) is 6.53. The van der Waals surface area contributed by atoms with Crippen LogP contribution in [0.1, 0.15) is 24.5 Å². The summed E-state index contributed by atoms with van der Waals surface area (Å²) < 4.78 is 0. The smallest absolute Gasteiger partial charge is 0.330 e. The fraction of sp³-hybridized carbons (Fsp3) is 0.273. The number of carboxylic acid groups (broad SMARTS) is 1. The molecule has 2 rings (SSSR count). The van der Waals surface area contributed by atoms with Crippen molar-refractivity contribution in [1.82, 2.24) is 5.32 Å². The normalized spacial score (nSPS) is 15.2. The fourth-order valence-electron chi connectivity index (χ4n) is 3.03. The van der Waals surface area contributed by atoms with Crippen LogP contribution >= 0.6 is 0 Å². The third-order valence-electron chi connectivity index (χ3n) is 4.54. The molecule has 0 bridgehead atoms. The van der Waals surface area contributed by atoms with E-state index in [0.29, 0.717) is 6.42 Å². The lowest BCUT2D eigenvalue weighted by molar-refractivity contribution is -0.148. The highest BCUT2D eigenvalue weighted by atomic mass is 16.4. The summed E-state index contributed by atoms with van der Waals surface area (Å²) in [6.07, 6.45) is 2.03. The van der Waals surface area contributed by atoms with Crippen LogP contribution in [0.2, 0.25) is 0 Å². The zero-order valence-electron chi connectivity index (χ0n) is 15.5. The first kappa shape index (κ1) is 20.4. The Balaban J connectivity index is 2.26. The third-order valence-corrected chi connectivity index (χ3v) is 4.54. The highest BCUT2D eigenvalue weighted by Crippen LogP contribution is 2.21. The molecule has 0 aliphatic heterocycles. The predicted molar refractivity (Wildman–Crippen MR) is 106 cm³/mol. The van der Waals surface area contributed by atoms with Crippen molar-refractivity contribution in [2.24, 2.45) is 5.73 Å². The molecule has 0 radical (unpaired) electrons. The van der Waals surface area contributed by atoms with E-state index in [1.54, 1.807) is 6.92 Å². The monoisotopic (exact) mass is 366 g/mol. The maximum Gasteiger partial charge on any atom is 0.330 e. The number of nitrogens with one attached hydrogen (secondary N) is 1. The van der Waals surface area contributed by atoms with Crippen LogP contribution in [0.3, 0.4) is 0 Å². The molecule has 1 amide bonds. The van der Waals surface area contributed by atoms with Gasteiger partial charge in [-0.3, -0.25) is 4.79 Å². The average Bonchev–Trinajstić information content (AvgIpc) is 2.63. The summed E-state index contributed by atoms with van der Waals surface area (Å²) in [5, 5.41) is 12.6. The molecule has 0 spiro atoms. The maximum atomic E-state index is 12.9. The molecule has 0 unspecified atom stereocenters. The Morgan fingerprint density at radius 3 is 1.96 bits per heavy atom. The SMILES string of the molecule is C=CC[C@](Cc1ccccc1)(NC(=O)[C@@](C)(N)Cc1ccccc1)C(=O)O. The van der Waals surface area contributed by atoms with Crippen molar-refractivity contribution >= 4 is 11.9 Å². The highest BCUT2D eigenvalue weighted by Gasteiger charge is 2.42. The van der Waals surface area contributed by atoms with Gasteiger partial charge in [0.25, 0.3) is 0 Å². The highest BCUT2D eigenvalue weighted by molar-refractivity contribution is 5.92. The molecule has 0 heterocycles. The van der Waals surface area contributed by atoms with Crippen LogP contribution < -0.4 is 11.1 Å². The Morgan fingerprint density at radius 1 is 1.04 bits per heavy atom. The molecule has 0 aromatic heterocycles. The van der Waals surface area contributed by atoms with E-state index in [4.69, 9.17) is 5.73 Å². The van der Waals surface area contributed by atoms with Crippen LogP contribution in [-0.2, 0) is 22.4 Å². The van der Waals surface area contributed by atoms with Crippen molar-refractivity contribution in [2.75, 3.05) is 0 Å². The molecule has 0 saturated heterocycles. The Bertz CT molecular complexity index is 788. The lowest BCUT2D eigenvalue weighted by atomic mass is 9.85. The zero-order chi connectivity index (χ0) is 19.9. The van der Waals surface area contributed by atoms with Gasteiger partial charge in [0.05, 0.1) is 5.54 Å². The standard InChI is InChI=1S/C22H26N2O3/c1-3-14-22(20(26)27,16-18-12-8-5-9-13-18)24-19(25)21(2,23)15-17-10-6-4-7-11-17/h3-13H,1,14-16,23H2,2H3,(H,24,25)(H,26,27)/t21-,22+/m0/s1. The minimum atomic E-state index is -1.50. The first-order valence-corrected chi connectivity index (χ1v) is 8.83. The molecule has 4 N–H and O–H groups in total. The van der Waals surface area contributed by atoms with Gasteiger partial charge in [0.1, 0.15) is 5.54 Å². The summed E-state index contributed by atoms with van der Waals surface area (Å²) in [6, 6.07) is 18.6. The minimum absolute atomic E-state index is 0.0877. The number of benzene rings is 2. The van der Waals surface area contributed by atoms with E-state index in [1.165, 1.54) is 6.08 Å². The van der Waals surface area contributed by atoms with Gasteiger partial charge in [0, 0.05) is 6.42 Å². The number of amides is 1. The Morgan fingerprint density at radius 2 is 1.52 bits per heavy atom. The summed E-state index contributed by atoms with van der Waals surface area (Å²) in [5.74, 6) is -1.62. The van der Waals surface area contributed by atoms with Crippen molar-refractivity contribution in [3.05, 3.63) is 84.4 Å². The second kappa shape index (κ2) is 8.64. The van der Waals surface area contributed by atoms with Gasteiger partial charge in [-0.2, -0.15) is 0 Å². The summed E-state index contributed by atoms with van der Waals surface area (Å²) in [7, 11) is 0. The van der Waals surface area contributed by atoms with Crippen molar-refractivity contribution in [1.29, 1.82) is 0 Å². The number of carbonyl (C=O) groups is 2. The van der Waals surface area contributed by atoms with E-state index >= 15 is 0 Å². The summed E-state index contributed by atoms with van der Waals surface area (Å²) >= 11 is 0. The quantitative estimate of drug-likeness (QED) is 0.595. The van der Waals surface area contributed by atoms with Gasteiger partial charge in [-0.1, -0.05) is 66.7 Å². The molecule has 0 saturated carbocycles. The lowest BCUT2D eigenvalue weighted by Gasteiger charge is -2.34. The van der Waals surface area contributed by atoms with Crippen LogP contribution in [0.4, 0.5) is 0 Å². The van der Waals surface area contributed by atoms with Gasteiger partial charge in [0.15, 0.2) is 0 Å². The maximum absolute atomic E-state index is 12.9. The van der Waals surface area contributed by atoms with Gasteiger partial charge in [-0.25, -0.2) is 4.79 Å². The van der Waals surface area contributed by atoms with E-state index in [0.717, 1.165) is 11.1 Å². The zero-order valence-corrected chi connectivity index (χ0v) is 15.5. The topological polar surface area (TPSA) is 92.4 Å². The van der Waals surface area contributed by atoms with Crippen LogP contribution in [0.5, 0.6) is 0 Å². The van der Waals surface area contributed by atoms with Gasteiger partial charge in [-0.15, -0.1) is 6.58 Å². The van der Waals surface area contributed by atoms with Gasteiger partial charge >= 0.3 is 5.97 Å². The molecule has 5 nitrogen and oxygen atoms in total. The van der Waals surface area contributed by atoms with E-state index in [-0.39, 0.29) is 12.8 Å². The molecule has 2 aromatic carbocycles. The number of aliphatic carboxylic acids is 1. The number of rotatable bonds is 9. The second-order valence-corrected chi connectivity index (χ2v) is 7.08. The Hall–Kier alpha value is -2.92. The average molecular weight is 366 g/mol. The van der Waals surface area contributed by atoms with Crippen molar-refractivity contribution < 1.29 is 14.7 Å². The largest absolute Gasteiger partial charge is 0.479 e. The fourth-order valence-corrected chi connectivity index (χ4v) is 3.03. The third kappa shape index (κ3) is 5.28. The van der Waals surface area contributed by atoms with Crippen LogP contribution in [0.25, 0.3) is 0 Å². The number of hydrogen-bond acceptors (Lipinski definition) is 3. The molecule has 142 valence electrons. The molecule has 0 aliphatic rings. The van der Waals surface area contributed by atoms with Crippen LogP contribution in [0.15, 0.2) is 73.3 Å². The van der Waals surface area contributed by atoms with Crippen LogP contribution in [-0.4, -0.2) is 28.1 Å². The second-order valence-electron chi connectivity index (χ2n) is 7.08. The van der Waals surface area contributed by atoms with Crippen molar-refractivity contribution in [2.45, 2.75) is 37.3 Å². The van der Waals surface area contributed by atoms with Crippen LogP contribution in [0, 0.1) is 0 Å². The van der Waals surface area contributed by atoms with E-state index < -0.39 is 23.0 Å². The molecule has 5 heteroatoms. The first-order valence-electron chi connectivity index (χ1n) is 8.83. The molecular weight excluding hydrogens is 340 g/mol. The van der Waals surface area contributed by atoms with Gasteiger partial charge in [0.2, 0.25) is 5.91 Å². The van der Waals surface area contributed by atoms with E-state index in [1.807, 2.05) is 60.7 Å². The summed E-state index contributed by atoms with van der Waals surface area (Å²) in [5.41, 5.74) is 5.22. The predicted octanol–water partition coefficient (Wildman–Crippen LogP) is 2.70. The number of hydrogen-bond donors (Lipinski definition) is 3. The van der Waals surface area contributed by atoms with Crippen molar-refractivity contribution in [3.63, 3.8) is 0 Å². The number of nitrogens with two attached hydrogens (primary N) is 1. The molecule has 27 heavy (non-hydrogen) atoms. The number of carboxylic acids is 1. The van der Waals surface area contributed by atoms with E-state index in [2.05, 4.69) is 11.9 Å². The number of carbonyl (C=O) groups excluding carboxylic acids is 1. The molecular formula is C22H26N2O3. The first-order chi connectivity index (χ1) is 12.8. The van der Waals surface area contributed by atoms with E-state index in [9.17, 15) is 14.7 Å². The molecule has 2 aromatic rings. The lowest BCUT2D eigenvalue weighted by Crippen LogP contribution is -2.63. The summed E-state index contributed by atoms with van der Waals surface area (Å²) in [6.45, 7) is 5.27. The van der Waals surface area contributed by atoms with Crippen molar-refractivity contribution in [3.8, 4) is 0 Å². The summed E-state index contributed by atoms with van der Waals surface area (Å²) in [4.78, 5) is 25.1. The van der Waals surface area contributed by atoms with Gasteiger partial charge in [-0.05, 0) is 30.9 Å². The Labute approximate surface area is 159 Å². The minimum Gasteiger partial charge on any atom is -0.479 e. The van der Waals surface area contributed by atoms with Gasteiger partial charge < -0.3 is 16.2 Å². The molecule has 2 atom stereocenters.